The van der Waals surface area contributed by atoms with Crippen LogP contribution in [0, 0.1) is 10.1 Å². The zero-order valence-electron chi connectivity index (χ0n) is 11.9. The number of unbranched alkanes of at least 4 members (excludes halogenated alkanes) is 3. The standard InChI is InChI=1S/C14H23N3O3/c1-2-15-12-8-7-9-13(14(12)17(19)20)16-10-5-3-4-6-11-18/h7-9,15-16,18H,2-6,10-11H2,1H3. The number of hydrogen-bond acceptors (Lipinski definition) is 5. The van der Waals surface area contributed by atoms with E-state index in [9.17, 15) is 10.1 Å². The summed E-state index contributed by atoms with van der Waals surface area (Å²) in [6.07, 6.45) is 3.74. The molecule has 6 heteroatoms. The summed E-state index contributed by atoms with van der Waals surface area (Å²) in [7, 11) is 0. The van der Waals surface area contributed by atoms with Gasteiger partial charge in [0.2, 0.25) is 0 Å². The molecule has 1 aromatic rings. The van der Waals surface area contributed by atoms with Crippen molar-refractivity contribution in [1.29, 1.82) is 0 Å². The van der Waals surface area contributed by atoms with Crippen LogP contribution in [0.25, 0.3) is 0 Å². The minimum Gasteiger partial charge on any atom is -0.396 e. The Morgan fingerprint density at radius 1 is 1.15 bits per heavy atom. The summed E-state index contributed by atoms with van der Waals surface area (Å²) < 4.78 is 0. The number of aliphatic hydroxyl groups excluding tert-OH is 1. The first-order chi connectivity index (χ1) is 9.70. The highest BCUT2D eigenvalue weighted by Crippen LogP contribution is 2.32. The van der Waals surface area contributed by atoms with Crippen molar-refractivity contribution in [3.05, 3.63) is 28.3 Å². The molecule has 0 saturated heterocycles. The fraction of sp³-hybridized carbons (Fsp3) is 0.571. The molecular formula is C14H23N3O3. The Morgan fingerprint density at radius 2 is 1.80 bits per heavy atom. The monoisotopic (exact) mass is 281 g/mol. The normalized spacial score (nSPS) is 10.3. The van der Waals surface area contributed by atoms with Crippen LogP contribution in [0.5, 0.6) is 0 Å². The van der Waals surface area contributed by atoms with Gasteiger partial charge in [-0.2, -0.15) is 0 Å². The highest BCUT2D eigenvalue weighted by Gasteiger charge is 2.18. The average Bonchev–Trinajstić information content (AvgIpc) is 2.43. The third kappa shape index (κ3) is 5.05. The quantitative estimate of drug-likeness (QED) is 0.348. The molecule has 0 heterocycles. The number of aliphatic hydroxyl groups is 1. The lowest BCUT2D eigenvalue weighted by Crippen LogP contribution is -2.07. The van der Waals surface area contributed by atoms with E-state index in [-0.39, 0.29) is 17.2 Å². The van der Waals surface area contributed by atoms with Gasteiger partial charge in [0.15, 0.2) is 0 Å². The van der Waals surface area contributed by atoms with Gasteiger partial charge >= 0.3 is 5.69 Å². The second-order valence-electron chi connectivity index (χ2n) is 4.55. The molecular weight excluding hydrogens is 258 g/mol. The number of benzene rings is 1. The van der Waals surface area contributed by atoms with Gasteiger partial charge in [-0.25, -0.2) is 0 Å². The molecule has 6 nitrogen and oxygen atoms in total. The summed E-state index contributed by atoms with van der Waals surface area (Å²) >= 11 is 0. The summed E-state index contributed by atoms with van der Waals surface area (Å²) in [6.45, 7) is 3.47. The van der Waals surface area contributed by atoms with Gasteiger partial charge in [-0.3, -0.25) is 10.1 Å². The Bertz CT molecular complexity index is 424. The van der Waals surface area contributed by atoms with E-state index >= 15 is 0 Å². The Balaban J connectivity index is 2.60. The number of nitrogens with zero attached hydrogens (tertiary/aromatic N) is 1. The molecule has 0 saturated carbocycles. The van der Waals surface area contributed by atoms with Gasteiger partial charge in [0.1, 0.15) is 11.4 Å². The van der Waals surface area contributed by atoms with Gasteiger partial charge < -0.3 is 15.7 Å². The van der Waals surface area contributed by atoms with Gasteiger partial charge in [-0.05, 0) is 31.9 Å². The first-order valence-electron chi connectivity index (χ1n) is 7.06. The van der Waals surface area contributed by atoms with Crippen molar-refractivity contribution in [3.63, 3.8) is 0 Å². The highest BCUT2D eigenvalue weighted by molar-refractivity contribution is 5.76. The second-order valence-corrected chi connectivity index (χ2v) is 4.55. The Labute approximate surface area is 119 Å². The summed E-state index contributed by atoms with van der Waals surface area (Å²) in [6, 6.07) is 5.25. The van der Waals surface area contributed by atoms with Crippen LogP contribution in [-0.2, 0) is 0 Å². The minimum absolute atomic E-state index is 0.102. The number of para-hydroxylation sites is 1. The van der Waals surface area contributed by atoms with Crippen molar-refractivity contribution in [3.8, 4) is 0 Å². The molecule has 1 rings (SSSR count). The van der Waals surface area contributed by atoms with E-state index in [1.165, 1.54) is 0 Å². The van der Waals surface area contributed by atoms with Crippen LogP contribution in [-0.4, -0.2) is 29.7 Å². The SMILES string of the molecule is CCNc1cccc(NCCCCCCO)c1[N+](=O)[O-]. The zero-order valence-corrected chi connectivity index (χ0v) is 11.9. The molecule has 3 N–H and O–H groups in total. The Kier molecular flexibility index (Phi) is 7.42. The van der Waals surface area contributed by atoms with Crippen molar-refractivity contribution in [2.24, 2.45) is 0 Å². The maximum Gasteiger partial charge on any atom is 0.315 e. The van der Waals surface area contributed by atoms with Crippen molar-refractivity contribution < 1.29 is 10.0 Å². The summed E-state index contributed by atoms with van der Waals surface area (Å²) in [5, 5.41) is 26.0. The van der Waals surface area contributed by atoms with E-state index < -0.39 is 0 Å². The highest BCUT2D eigenvalue weighted by atomic mass is 16.6. The van der Waals surface area contributed by atoms with Gasteiger partial charge in [-0.1, -0.05) is 18.9 Å². The van der Waals surface area contributed by atoms with Crippen molar-refractivity contribution in [1.82, 2.24) is 0 Å². The van der Waals surface area contributed by atoms with Crippen LogP contribution in [0.3, 0.4) is 0 Å². The zero-order chi connectivity index (χ0) is 14.8. The molecule has 0 aromatic heterocycles. The number of hydrogen-bond donors (Lipinski definition) is 3. The molecule has 0 fully saturated rings. The molecule has 0 spiro atoms. The lowest BCUT2D eigenvalue weighted by atomic mass is 10.2. The topological polar surface area (TPSA) is 87.4 Å². The third-order valence-electron chi connectivity index (χ3n) is 2.99. The predicted octanol–water partition coefficient (Wildman–Crippen LogP) is 2.99. The van der Waals surface area contributed by atoms with E-state index in [4.69, 9.17) is 5.11 Å². The minimum atomic E-state index is -0.355. The van der Waals surface area contributed by atoms with Gasteiger partial charge in [-0.15, -0.1) is 0 Å². The van der Waals surface area contributed by atoms with Crippen molar-refractivity contribution in [2.75, 3.05) is 30.3 Å². The van der Waals surface area contributed by atoms with Crippen LogP contribution in [0.4, 0.5) is 17.1 Å². The molecule has 0 aliphatic carbocycles. The van der Waals surface area contributed by atoms with E-state index in [1.54, 1.807) is 18.2 Å². The molecule has 0 amide bonds. The lowest BCUT2D eigenvalue weighted by molar-refractivity contribution is -0.383. The van der Waals surface area contributed by atoms with E-state index in [0.29, 0.717) is 24.5 Å². The lowest BCUT2D eigenvalue weighted by Gasteiger charge is -2.10. The van der Waals surface area contributed by atoms with Crippen LogP contribution >= 0.6 is 0 Å². The molecule has 0 atom stereocenters. The predicted molar refractivity (Wildman–Crippen MR) is 81.3 cm³/mol. The first-order valence-corrected chi connectivity index (χ1v) is 7.06. The van der Waals surface area contributed by atoms with E-state index in [2.05, 4.69) is 10.6 Å². The van der Waals surface area contributed by atoms with Crippen molar-refractivity contribution >= 4 is 17.1 Å². The number of nitrogens with one attached hydrogen (secondary N) is 2. The van der Waals surface area contributed by atoms with Crippen LogP contribution in [0.15, 0.2) is 18.2 Å². The number of nitro groups is 1. The van der Waals surface area contributed by atoms with Gasteiger partial charge in [0, 0.05) is 19.7 Å². The fourth-order valence-electron chi connectivity index (χ4n) is 2.03. The molecule has 0 unspecified atom stereocenters. The van der Waals surface area contributed by atoms with E-state index in [1.807, 2.05) is 6.92 Å². The molecule has 0 radical (unpaired) electrons. The average molecular weight is 281 g/mol. The molecule has 0 aliphatic heterocycles. The van der Waals surface area contributed by atoms with Crippen LogP contribution in [0.2, 0.25) is 0 Å². The van der Waals surface area contributed by atoms with Gasteiger partial charge in [0.05, 0.1) is 4.92 Å². The molecule has 20 heavy (non-hydrogen) atoms. The molecule has 1 aromatic carbocycles. The number of anilines is 2. The molecule has 0 bridgehead atoms. The molecule has 112 valence electrons. The van der Waals surface area contributed by atoms with Crippen molar-refractivity contribution in [2.45, 2.75) is 32.6 Å². The number of nitro benzene ring substituents is 1. The van der Waals surface area contributed by atoms with Gasteiger partial charge in [0.25, 0.3) is 0 Å². The summed E-state index contributed by atoms with van der Waals surface area (Å²) in [5.41, 5.74) is 1.20. The van der Waals surface area contributed by atoms with Crippen LogP contribution in [0.1, 0.15) is 32.6 Å². The number of rotatable bonds is 10. The summed E-state index contributed by atoms with van der Waals surface area (Å²) in [5.74, 6) is 0. The second kappa shape index (κ2) is 9.14. The largest absolute Gasteiger partial charge is 0.396 e. The van der Waals surface area contributed by atoms with E-state index in [0.717, 1.165) is 25.7 Å². The molecule has 0 aliphatic rings. The third-order valence-corrected chi connectivity index (χ3v) is 2.99. The maximum atomic E-state index is 11.2. The maximum absolute atomic E-state index is 11.2. The smallest absolute Gasteiger partial charge is 0.315 e. The Hall–Kier alpha value is -1.82. The summed E-state index contributed by atoms with van der Waals surface area (Å²) in [4.78, 5) is 10.8. The Morgan fingerprint density at radius 3 is 2.40 bits per heavy atom. The van der Waals surface area contributed by atoms with Crippen LogP contribution < -0.4 is 10.6 Å². The first kappa shape index (κ1) is 16.2. The fourth-order valence-corrected chi connectivity index (χ4v) is 2.03.